The summed E-state index contributed by atoms with van der Waals surface area (Å²) in [6, 6.07) is 11.1. The molecule has 1 aliphatic rings. The minimum Gasteiger partial charge on any atom is -0.477 e. The zero-order valence-electron chi connectivity index (χ0n) is 15.2. The minimum atomic E-state index is -1.69. The second-order valence-electron chi connectivity index (χ2n) is 6.45. The van der Waals surface area contributed by atoms with Crippen LogP contribution in [0.1, 0.15) is 11.6 Å². The van der Waals surface area contributed by atoms with Gasteiger partial charge in [0.2, 0.25) is 11.6 Å². The Morgan fingerprint density at radius 1 is 1.03 bits per heavy atom. The number of piperazine rings is 1. The first-order chi connectivity index (χ1) is 13.9. The molecule has 9 heteroatoms. The summed E-state index contributed by atoms with van der Waals surface area (Å²) in [5.74, 6) is -8.45. The molecule has 2 aromatic rings. The van der Waals surface area contributed by atoms with Gasteiger partial charge in [0.15, 0.2) is 24.0 Å². The van der Waals surface area contributed by atoms with Crippen molar-refractivity contribution in [2.24, 2.45) is 0 Å². The third-order valence-electron chi connectivity index (χ3n) is 4.68. The lowest BCUT2D eigenvalue weighted by Gasteiger charge is -2.37. The lowest BCUT2D eigenvalue weighted by Crippen LogP contribution is -2.50. The summed E-state index contributed by atoms with van der Waals surface area (Å²) in [5, 5.41) is 9.49. The Morgan fingerprint density at radius 3 is 2.17 bits per heavy atom. The van der Waals surface area contributed by atoms with Crippen LogP contribution in [-0.4, -0.2) is 48.5 Å². The van der Waals surface area contributed by atoms with Crippen molar-refractivity contribution in [1.29, 1.82) is 5.26 Å². The van der Waals surface area contributed by atoms with E-state index in [2.05, 4.69) is 6.07 Å². The van der Waals surface area contributed by atoms with Crippen LogP contribution in [0, 0.1) is 34.6 Å². The molecule has 1 unspecified atom stereocenters. The van der Waals surface area contributed by atoms with Gasteiger partial charge in [0.1, 0.15) is 6.04 Å². The van der Waals surface area contributed by atoms with E-state index in [-0.39, 0.29) is 19.2 Å². The molecule has 5 nitrogen and oxygen atoms in total. The van der Waals surface area contributed by atoms with Gasteiger partial charge in [0.05, 0.1) is 6.07 Å². The van der Waals surface area contributed by atoms with Gasteiger partial charge in [-0.05, 0) is 5.56 Å². The van der Waals surface area contributed by atoms with Crippen LogP contribution in [0.3, 0.4) is 0 Å². The molecule has 1 saturated heterocycles. The zero-order chi connectivity index (χ0) is 21.0. The molecule has 0 aliphatic carbocycles. The molecule has 0 radical (unpaired) electrons. The fraction of sp³-hybridized carbons (Fsp3) is 0.300. The van der Waals surface area contributed by atoms with Crippen LogP contribution in [0.15, 0.2) is 36.4 Å². The standard InChI is InChI=1S/C20H17F4N3O2/c21-14-10-15(22)19(24)20(18(14)23)29-12-17(28)27-8-6-26(7-9-27)16(11-25)13-4-2-1-3-5-13/h1-5,10,16H,6-9,12H2. The molecule has 0 bridgehead atoms. The maximum absolute atomic E-state index is 13.6. The van der Waals surface area contributed by atoms with E-state index < -0.39 is 47.6 Å². The molecule has 0 N–H and O–H groups in total. The van der Waals surface area contributed by atoms with Gasteiger partial charge in [-0.25, -0.2) is 8.78 Å². The number of hydrogen-bond donors (Lipinski definition) is 0. The Hall–Kier alpha value is -3.12. The van der Waals surface area contributed by atoms with Crippen molar-refractivity contribution >= 4 is 5.91 Å². The maximum Gasteiger partial charge on any atom is 0.260 e. The normalized spacial score (nSPS) is 15.6. The minimum absolute atomic E-state index is 0.0664. The lowest BCUT2D eigenvalue weighted by molar-refractivity contribution is -0.135. The van der Waals surface area contributed by atoms with Crippen LogP contribution >= 0.6 is 0 Å². The van der Waals surface area contributed by atoms with E-state index >= 15 is 0 Å². The molecule has 1 amide bonds. The van der Waals surface area contributed by atoms with E-state index in [9.17, 15) is 27.6 Å². The van der Waals surface area contributed by atoms with Gasteiger partial charge in [-0.15, -0.1) is 0 Å². The van der Waals surface area contributed by atoms with E-state index in [0.29, 0.717) is 13.1 Å². The summed E-state index contributed by atoms with van der Waals surface area (Å²) >= 11 is 0. The van der Waals surface area contributed by atoms with Gasteiger partial charge < -0.3 is 9.64 Å². The predicted octanol–water partition coefficient (Wildman–Crippen LogP) is 3.03. The second kappa shape index (κ2) is 8.92. The molecule has 0 spiro atoms. The van der Waals surface area contributed by atoms with Crippen molar-refractivity contribution in [2.75, 3.05) is 32.8 Å². The smallest absolute Gasteiger partial charge is 0.260 e. The highest BCUT2D eigenvalue weighted by Gasteiger charge is 2.28. The summed E-state index contributed by atoms with van der Waals surface area (Å²) in [7, 11) is 0. The molecule has 1 fully saturated rings. The number of amides is 1. The monoisotopic (exact) mass is 407 g/mol. The summed E-state index contributed by atoms with van der Waals surface area (Å²) < 4.78 is 58.3. The van der Waals surface area contributed by atoms with Crippen LogP contribution in [0.2, 0.25) is 0 Å². The second-order valence-corrected chi connectivity index (χ2v) is 6.45. The van der Waals surface area contributed by atoms with E-state index in [1.165, 1.54) is 4.90 Å². The van der Waals surface area contributed by atoms with Crippen LogP contribution < -0.4 is 4.74 Å². The number of carbonyl (C=O) groups is 1. The van der Waals surface area contributed by atoms with E-state index in [1.807, 2.05) is 35.2 Å². The molecule has 1 aliphatic heterocycles. The largest absolute Gasteiger partial charge is 0.477 e. The van der Waals surface area contributed by atoms with Crippen LogP contribution in [0.4, 0.5) is 17.6 Å². The quantitative estimate of drug-likeness (QED) is 0.565. The molecule has 3 rings (SSSR count). The van der Waals surface area contributed by atoms with Crippen molar-refractivity contribution in [2.45, 2.75) is 6.04 Å². The highest BCUT2D eigenvalue weighted by atomic mass is 19.2. The number of nitrogens with zero attached hydrogens (tertiary/aromatic N) is 3. The molecule has 1 atom stereocenters. The summed E-state index contributed by atoms with van der Waals surface area (Å²) in [5.41, 5.74) is 0.845. The zero-order valence-corrected chi connectivity index (χ0v) is 15.2. The lowest BCUT2D eigenvalue weighted by atomic mass is 10.1. The molecule has 2 aromatic carbocycles. The third-order valence-corrected chi connectivity index (χ3v) is 4.68. The number of hydrogen-bond acceptors (Lipinski definition) is 4. The van der Waals surface area contributed by atoms with E-state index in [1.54, 1.807) is 0 Å². The molecule has 152 valence electrons. The van der Waals surface area contributed by atoms with Crippen molar-refractivity contribution < 1.29 is 27.1 Å². The topological polar surface area (TPSA) is 56.6 Å². The fourth-order valence-electron chi connectivity index (χ4n) is 3.14. The first kappa shape index (κ1) is 20.6. The Labute approximate surface area is 164 Å². The first-order valence-electron chi connectivity index (χ1n) is 8.84. The maximum atomic E-state index is 13.6. The highest BCUT2D eigenvalue weighted by Crippen LogP contribution is 2.26. The number of carbonyl (C=O) groups excluding carboxylic acids is 1. The van der Waals surface area contributed by atoms with Gasteiger partial charge in [-0.2, -0.15) is 14.0 Å². The van der Waals surface area contributed by atoms with Gasteiger partial charge in [0, 0.05) is 32.2 Å². The van der Waals surface area contributed by atoms with E-state index in [0.717, 1.165) is 5.56 Å². The summed E-state index contributed by atoms with van der Waals surface area (Å²) in [6.07, 6.45) is 0. The number of rotatable bonds is 5. The predicted molar refractivity (Wildman–Crippen MR) is 94.7 cm³/mol. The van der Waals surface area contributed by atoms with Gasteiger partial charge in [0.25, 0.3) is 5.91 Å². The Kier molecular flexibility index (Phi) is 6.34. The van der Waals surface area contributed by atoms with Crippen molar-refractivity contribution in [3.8, 4) is 11.8 Å². The summed E-state index contributed by atoms with van der Waals surface area (Å²) in [4.78, 5) is 15.6. The van der Waals surface area contributed by atoms with Crippen molar-refractivity contribution in [3.05, 3.63) is 65.2 Å². The van der Waals surface area contributed by atoms with Crippen LogP contribution in [0.25, 0.3) is 0 Å². The molecule has 0 aromatic heterocycles. The fourth-order valence-corrected chi connectivity index (χ4v) is 3.14. The van der Waals surface area contributed by atoms with Gasteiger partial charge in [-0.1, -0.05) is 30.3 Å². The number of nitriles is 1. The molecule has 29 heavy (non-hydrogen) atoms. The molecular weight excluding hydrogens is 390 g/mol. The van der Waals surface area contributed by atoms with Gasteiger partial charge in [-0.3, -0.25) is 9.69 Å². The van der Waals surface area contributed by atoms with Crippen LogP contribution in [0.5, 0.6) is 5.75 Å². The van der Waals surface area contributed by atoms with Crippen molar-refractivity contribution in [1.82, 2.24) is 9.80 Å². The molecule has 0 saturated carbocycles. The van der Waals surface area contributed by atoms with Crippen LogP contribution in [-0.2, 0) is 4.79 Å². The Balaban J connectivity index is 1.58. The molecule has 1 heterocycles. The summed E-state index contributed by atoms with van der Waals surface area (Å²) in [6.45, 7) is 0.606. The molecular formula is C20H17F4N3O2. The number of ether oxygens (including phenoxy) is 1. The average Bonchev–Trinajstić information content (AvgIpc) is 2.74. The average molecular weight is 407 g/mol. The van der Waals surface area contributed by atoms with Gasteiger partial charge >= 0.3 is 0 Å². The Morgan fingerprint density at radius 2 is 1.62 bits per heavy atom. The SMILES string of the molecule is N#CC(c1ccccc1)N1CCN(C(=O)COc2c(F)c(F)cc(F)c2F)CC1. The van der Waals surface area contributed by atoms with E-state index in [4.69, 9.17) is 4.74 Å². The number of benzene rings is 2. The highest BCUT2D eigenvalue weighted by molar-refractivity contribution is 5.78. The Bertz CT molecular complexity index is 899. The van der Waals surface area contributed by atoms with Crippen molar-refractivity contribution in [3.63, 3.8) is 0 Å². The number of halogens is 4. The third kappa shape index (κ3) is 4.49. The first-order valence-corrected chi connectivity index (χ1v) is 8.84.